The van der Waals surface area contributed by atoms with E-state index in [2.05, 4.69) is 35.4 Å². The number of hydrogen-bond donors (Lipinski definition) is 2. The molecular formula is C13H23N3S. The predicted octanol–water partition coefficient (Wildman–Crippen LogP) is 1.85. The Morgan fingerprint density at radius 3 is 2.94 bits per heavy atom. The molecule has 0 bridgehead atoms. The zero-order valence-corrected chi connectivity index (χ0v) is 11.7. The van der Waals surface area contributed by atoms with Gasteiger partial charge in [0.15, 0.2) is 5.96 Å². The molecule has 0 amide bonds. The Labute approximate surface area is 109 Å². The standard InChI is InChI=1S/C13H23N3S/c1-4-6-9-15-12(14-5-2)16-11-13(3)8-7-10-17-13/h1H,5-11H2,2-3H3,(H2,14,15,16). The number of guanidine groups is 1. The van der Waals surface area contributed by atoms with Crippen LogP contribution < -0.4 is 10.6 Å². The summed E-state index contributed by atoms with van der Waals surface area (Å²) in [4.78, 5) is 4.64. The molecule has 96 valence electrons. The van der Waals surface area contributed by atoms with Crippen molar-refractivity contribution < 1.29 is 0 Å². The SMILES string of the molecule is C#CCCNC(=NCC1(C)CCCS1)NCC. The Morgan fingerprint density at radius 2 is 2.35 bits per heavy atom. The van der Waals surface area contributed by atoms with E-state index in [1.54, 1.807) is 0 Å². The van der Waals surface area contributed by atoms with Crippen molar-refractivity contribution >= 4 is 17.7 Å². The van der Waals surface area contributed by atoms with Gasteiger partial charge in [0, 0.05) is 24.3 Å². The first-order valence-electron chi connectivity index (χ1n) is 6.30. The second kappa shape index (κ2) is 7.50. The lowest BCUT2D eigenvalue weighted by Gasteiger charge is -2.20. The van der Waals surface area contributed by atoms with E-state index in [0.29, 0.717) is 4.75 Å². The second-order valence-electron chi connectivity index (χ2n) is 4.48. The fraction of sp³-hybridized carbons (Fsp3) is 0.769. The summed E-state index contributed by atoms with van der Waals surface area (Å²) in [5.41, 5.74) is 0. The molecule has 17 heavy (non-hydrogen) atoms. The van der Waals surface area contributed by atoms with Gasteiger partial charge in [-0.25, -0.2) is 0 Å². The maximum absolute atomic E-state index is 5.23. The minimum absolute atomic E-state index is 0.328. The molecule has 2 N–H and O–H groups in total. The molecule has 0 aromatic rings. The largest absolute Gasteiger partial charge is 0.357 e. The zero-order valence-electron chi connectivity index (χ0n) is 10.9. The van der Waals surface area contributed by atoms with E-state index in [9.17, 15) is 0 Å². The molecule has 1 aliphatic heterocycles. The van der Waals surface area contributed by atoms with Gasteiger partial charge < -0.3 is 10.6 Å². The van der Waals surface area contributed by atoms with Crippen molar-refractivity contribution in [1.82, 2.24) is 10.6 Å². The van der Waals surface area contributed by atoms with Gasteiger partial charge >= 0.3 is 0 Å². The normalized spacial score (nSPS) is 24.4. The lowest BCUT2D eigenvalue weighted by Crippen LogP contribution is -2.38. The summed E-state index contributed by atoms with van der Waals surface area (Å²) in [6.07, 6.45) is 8.55. The topological polar surface area (TPSA) is 36.4 Å². The number of nitrogens with zero attached hydrogens (tertiary/aromatic N) is 1. The third-order valence-electron chi connectivity index (χ3n) is 2.78. The predicted molar refractivity (Wildman–Crippen MR) is 77.5 cm³/mol. The second-order valence-corrected chi connectivity index (χ2v) is 6.16. The monoisotopic (exact) mass is 253 g/mol. The van der Waals surface area contributed by atoms with Gasteiger partial charge in [-0.3, -0.25) is 4.99 Å². The lowest BCUT2D eigenvalue weighted by atomic mass is 10.1. The summed E-state index contributed by atoms with van der Waals surface area (Å²) >= 11 is 2.04. The van der Waals surface area contributed by atoms with Gasteiger partial charge in [-0.15, -0.1) is 12.3 Å². The first-order chi connectivity index (χ1) is 8.20. The first-order valence-corrected chi connectivity index (χ1v) is 7.28. The van der Waals surface area contributed by atoms with Crippen molar-refractivity contribution in [3.05, 3.63) is 0 Å². The van der Waals surface area contributed by atoms with Gasteiger partial charge in [-0.05, 0) is 32.4 Å². The van der Waals surface area contributed by atoms with Crippen molar-refractivity contribution in [2.75, 3.05) is 25.4 Å². The Bertz CT molecular complexity index is 288. The van der Waals surface area contributed by atoms with E-state index in [4.69, 9.17) is 6.42 Å². The van der Waals surface area contributed by atoms with Gasteiger partial charge in [0.05, 0.1) is 6.54 Å². The maximum Gasteiger partial charge on any atom is 0.191 e. The molecule has 1 atom stereocenters. The van der Waals surface area contributed by atoms with Crippen LogP contribution in [-0.2, 0) is 0 Å². The molecule has 0 aliphatic carbocycles. The Kier molecular flexibility index (Phi) is 6.28. The number of aliphatic imine (C=N–C) groups is 1. The van der Waals surface area contributed by atoms with Gasteiger partial charge in [0.2, 0.25) is 0 Å². The van der Waals surface area contributed by atoms with E-state index in [1.165, 1.54) is 18.6 Å². The molecule has 1 fully saturated rings. The molecule has 1 rings (SSSR count). The van der Waals surface area contributed by atoms with Crippen molar-refractivity contribution in [3.63, 3.8) is 0 Å². The van der Waals surface area contributed by atoms with Crippen LogP contribution in [0.1, 0.15) is 33.1 Å². The van der Waals surface area contributed by atoms with Crippen molar-refractivity contribution in [2.45, 2.75) is 37.9 Å². The van der Waals surface area contributed by atoms with Crippen LogP contribution in [0.25, 0.3) is 0 Å². The van der Waals surface area contributed by atoms with Crippen LogP contribution in [0.5, 0.6) is 0 Å². The molecule has 0 saturated carbocycles. The van der Waals surface area contributed by atoms with E-state index in [1.807, 2.05) is 11.8 Å². The summed E-state index contributed by atoms with van der Waals surface area (Å²) < 4.78 is 0.328. The van der Waals surface area contributed by atoms with Crippen LogP contribution in [0.4, 0.5) is 0 Å². The number of hydrogen-bond acceptors (Lipinski definition) is 2. The summed E-state index contributed by atoms with van der Waals surface area (Å²) in [7, 11) is 0. The molecule has 0 aromatic carbocycles. The van der Waals surface area contributed by atoms with Crippen molar-refractivity contribution in [3.8, 4) is 12.3 Å². The van der Waals surface area contributed by atoms with E-state index in [-0.39, 0.29) is 0 Å². The third-order valence-corrected chi connectivity index (χ3v) is 4.30. The number of terminal acetylenes is 1. The lowest BCUT2D eigenvalue weighted by molar-refractivity contribution is 0.614. The average Bonchev–Trinajstić information content (AvgIpc) is 2.74. The van der Waals surface area contributed by atoms with Crippen molar-refractivity contribution in [2.24, 2.45) is 4.99 Å². The maximum atomic E-state index is 5.23. The minimum Gasteiger partial charge on any atom is -0.357 e. The Morgan fingerprint density at radius 1 is 1.53 bits per heavy atom. The quantitative estimate of drug-likeness (QED) is 0.340. The molecule has 0 aromatic heterocycles. The molecule has 3 nitrogen and oxygen atoms in total. The van der Waals surface area contributed by atoms with Gasteiger partial charge in [-0.1, -0.05) is 0 Å². The van der Waals surface area contributed by atoms with Gasteiger partial charge in [0.1, 0.15) is 0 Å². The highest BCUT2D eigenvalue weighted by atomic mass is 32.2. The van der Waals surface area contributed by atoms with Crippen molar-refractivity contribution in [1.29, 1.82) is 0 Å². The third kappa shape index (κ3) is 5.36. The molecule has 1 heterocycles. The molecule has 1 saturated heterocycles. The highest BCUT2D eigenvalue weighted by Crippen LogP contribution is 2.37. The van der Waals surface area contributed by atoms with Crippen LogP contribution in [0.2, 0.25) is 0 Å². The molecule has 0 spiro atoms. The molecule has 4 heteroatoms. The smallest absolute Gasteiger partial charge is 0.191 e. The molecular weight excluding hydrogens is 230 g/mol. The average molecular weight is 253 g/mol. The first kappa shape index (κ1) is 14.2. The number of thioether (sulfide) groups is 1. The van der Waals surface area contributed by atoms with E-state index >= 15 is 0 Å². The summed E-state index contributed by atoms with van der Waals surface area (Å²) in [6, 6.07) is 0. The molecule has 0 radical (unpaired) electrons. The minimum atomic E-state index is 0.328. The zero-order chi connectivity index (χ0) is 12.6. The van der Waals surface area contributed by atoms with E-state index < -0.39 is 0 Å². The van der Waals surface area contributed by atoms with E-state index in [0.717, 1.165) is 32.0 Å². The highest BCUT2D eigenvalue weighted by Gasteiger charge is 2.29. The Hall–Kier alpha value is -0.820. The summed E-state index contributed by atoms with van der Waals surface area (Å²) in [5, 5.41) is 6.49. The van der Waals surface area contributed by atoms with Crippen LogP contribution in [0, 0.1) is 12.3 Å². The fourth-order valence-corrected chi connectivity index (χ4v) is 3.03. The number of rotatable bonds is 5. The summed E-state index contributed by atoms with van der Waals surface area (Å²) in [5.74, 6) is 4.78. The Balaban J connectivity index is 2.42. The van der Waals surface area contributed by atoms with Gasteiger partial charge in [0.25, 0.3) is 0 Å². The molecule has 1 unspecified atom stereocenters. The van der Waals surface area contributed by atoms with Crippen LogP contribution >= 0.6 is 11.8 Å². The van der Waals surface area contributed by atoms with Crippen LogP contribution in [0.3, 0.4) is 0 Å². The molecule has 1 aliphatic rings. The number of nitrogens with one attached hydrogen (secondary N) is 2. The highest BCUT2D eigenvalue weighted by molar-refractivity contribution is 8.00. The summed E-state index contributed by atoms with van der Waals surface area (Å²) in [6.45, 7) is 6.92. The van der Waals surface area contributed by atoms with Gasteiger partial charge in [-0.2, -0.15) is 11.8 Å². The van der Waals surface area contributed by atoms with Crippen LogP contribution in [0.15, 0.2) is 4.99 Å². The fourth-order valence-electron chi connectivity index (χ4n) is 1.80. The van der Waals surface area contributed by atoms with Crippen LogP contribution in [-0.4, -0.2) is 36.1 Å².